The summed E-state index contributed by atoms with van der Waals surface area (Å²) in [5.74, 6) is -0.902. The standard InChI is InChI=1S/C15H12ClF3N4/c1-8(2)23-12-7-9(10-5-6-20-14(16)22-10)3-4-11(12)21-13(23)15(17,18)19/h3-8H,1-2H3. The summed E-state index contributed by atoms with van der Waals surface area (Å²) < 4.78 is 40.8. The van der Waals surface area contributed by atoms with E-state index in [9.17, 15) is 13.2 Å². The molecule has 4 nitrogen and oxygen atoms in total. The highest BCUT2D eigenvalue weighted by Gasteiger charge is 2.38. The zero-order valence-electron chi connectivity index (χ0n) is 12.3. The molecule has 0 saturated carbocycles. The molecule has 0 aliphatic rings. The van der Waals surface area contributed by atoms with E-state index in [0.717, 1.165) is 0 Å². The average Bonchev–Trinajstić information content (AvgIpc) is 2.86. The summed E-state index contributed by atoms with van der Waals surface area (Å²) in [6.45, 7) is 3.37. The Morgan fingerprint density at radius 2 is 1.87 bits per heavy atom. The van der Waals surface area contributed by atoms with Gasteiger partial charge in [0.05, 0.1) is 16.7 Å². The molecular formula is C15H12ClF3N4. The lowest BCUT2D eigenvalue weighted by atomic mass is 10.1. The van der Waals surface area contributed by atoms with Crippen LogP contribution < -0.4 is 0 Å². The molecule has 2 heterocycles. The van der Waals surface area contributed by atoms with Gasteiger partial charge in [0.1, 0.15) is 0 Å². The summed E-state index contributed by atoms with van der Waals surface area (Å²) in [6, 6.07) is 6.11. The van der Waals surface area contributed by atoms with Gasteiger partial charge in [0.2, 0.25) is 11.1 Å². The van der Waals surface area contributed by atoms with E-state index in [0.29, 0.717) is 16.8 Å². The summed E-state index contributed by atoms with van der Waals surface area (Å²) in [6.07, 6.45) is -3.02. The van der Waals surface area contributed by atoms with Crippen LogP contribution in [-0.4, -0.2) is 19.5 Å². The number of nitrogens with zero attached hydrogens (tertiary/aromatic N) is 4. The molecule has 0 radical (unpaired) electrons. The summed E-state index contributed by atoms with van der Waals surface area (Å²) in [5.41, 5.74) is 1.88. The first-order valence-electron chi connectivity index (χ1n) is 6.85. The summed E-state index contributed by atoms with van der Waals surface area (Å²) in [5, 5.41) is 0.0796. The van der Waals surface area contributed by atoms with Crippen molar-refractivity contribution in [3.8, 4) is 11.3 Å². The molecule has 1 aromatic carbocycles. The van der Waals surface area contributed by atoms with Crippen molar-refractivity contribution in [1.29, 1.82) is 0 Å². The normalized spacial score (nSPS) is 12.3. The number of hydrogen-bond acceptors (Lipinski definition) is 3. The van der Waals surface area contributed by atoms with Gasteiger partial charge in [-0.25, -0.2) is 15.0 Å². The molecule has 0 aliphatic heterocycles. The molecule has 0 amide bonds. The van der Waals surface area contributed by atoms with Crippen molar-refractivity contribution in [3.05, 3.63) is 41.6 Å². The maximum atomic E-state index is 13.2. The van der Waals surface area contributed by atoms with Crippen molar-refractivity contribution < 1.29 is 13.2 Å². The highest BCUT2D eigenvalue weighted by atomic mass is 35.5. The number of benzene rings is 1. The van der Waals surface area contributed by atoms with Crippen LogP contribution in [0, 0.1) is 0 Å². The van der Waals surface area contributed by atoms with Crippen LogP contribution in [0.3, 0.4) is 0 Å². The van der Waals surface area contributed by atoms with Gasteiger partial charge in [-0.05, 0) is 43.6 Å². The van der Waals surface area contributed by atoms with Crippen LogP contribution >= 0.6 is 11.6 Å². The SMILES string of the molecule is CC(C)n1c(C(F)(F)F)nc2ccc(-c3ccnc(Cl)n3)cc21. The fraction of sp³-hybridized carbons (Fsp3) is 0.267. The van der Waals surface area contributed by atoms with Crippen molar-refractivity contribution in [2.24, 2.45) is 0 Å². The Hall–Kier alpha value is -2.15. The number of fused-ring (bicyclic) bond motifs is 1. The number of rotatable bonds is 2. The minimum absolute atomic E-state index is 0.0796. The van der Waals surface area contributed by atoms with Gasteiger partial charge in [-0.3, -0.25) is 0 Å². The highest BCUT2D eigenvalue weighted by Crippen LogP contribution is 2.35. The molecule has 23 heavy (non-hydrogen) atoms. The Labute approximate surface area is 135 Å². The number of aromatic nitrogens is 4. The number of alkyl halides is 3. The number of halogens is 4. The van der Waals surface area contributed by atoms with Gasteiger partial charge < -0.3 is 4.57 Å². The molecule has 2 aromatic heterocycles. The van der Waals surface area contributed by atoms with Crippen molar-refractivity contribution in [2.75, 3.05) is 0 Å². The zero-order valence-corrected chi connectivity index (χ0v) is 13.0. The molecule has 0 atom stereocenters. The van der Waals surface area contributed by atoms with Crippen LogP contribution in [0.25, 0.3) is 22.3 Å². The summed E-state index contributed by atoms with van der Waals surface area (Å²) in [4.78, 5) is 11.6. The second-order valence-electron chi connectivity index (χ2n) is 5.31. The van der Waals surface area contributed by atoms with Crippen LogP contribution in [0.2, 0.25) is 5.28 Å². The van der Waals surface area contributed by atoms with Gasteiger partial charge in [-0.15, -0.1) is 0 Å². The van der Waals surface area contributed by atoms with Crippen molar-refractivity contribution in [1.82, 2.24) is 19.5 Å². The fourth-order valence-corrected chi connectivity index (χ4v) is 2.62. The zero-order chi connectivity index (χ0) is 16.8. The number of imidazole rings is 1. The van der Waals surface area contributed by atoms with Gasteiger partial charge in [-0.1, -0.05) is 6.07 Å². The number of hydrogen-bond donors (Lipinski definition) is 0. The second kappa shape index (κ2) is 5.49. The third-order valence-corrected chi connectivity index (χ3v) is 3.56. The quantitative estimate of drug-likeness (QED) is 0.632. The minimum Gasteiger partial charge on any atom is -0.318 e. The van der Waals surface area contributed by atoms with Crippen LogP contribution in [0.15, 0.2) is 30.5 Å². The molecule has 3 rings (SSSR count). The molecular weight excluding hydrogens is 329 g/mol. The second-order valence-corrected chi connectivity index (χ2v) is 5.65. The first-order valence-corrected chi connectivity index (χ1v) is 7.23. The summed E-state index contributed by atoms with van der Waals surface area (Å²) in [7, 11) is 0. The van der Waals surface area contributed by atoms with E-state index in [1.807, 2.05) is 0 Å². The van der Waals surface area contributed by atoms with Crippen LogP contribution in [0.4, 0.5) is 13.2 Å². The Morgan fingerprint density at radius 3 is 2.48 bits per heavy atom. The molecule has 8 heteroatoms. The maximum absolute atomic E-state index is 13.2. The van der Waals surface area contributed by atoms with Crippen LogP contribution in [-0.2, 0) is 6.18 Å². The van der Waals surface area contributed by atoms with Gasteiger partial charge in [0, 0.05) is 17.8 Å². The smallest absolute Gasteiger partial charge is 0.318 e. The van der Waals surface area contributed by atoms with Gasteiger partial charge in [0.15, 0.2) is 0 Å². The molecule has 0 unspecified atom stereocenters. The van der Waals surface area contributed by atoms with Gasteiger partial charge in [0.25, 0.3) is 0 Å². The van der Waals surface area contributed by atoms with E-state index in [2.05, 4.69) is 15.0 Å². The Bertz CT molecular complexity index is 871. The van der Waals surface area contributed by atoms with Crippen molar-refractivity contribution in [3.63, 3.8) is 0 Å². The molecule has 120 valence electrons. The molecule has 0 N–H and O–H groups in total. The first-order chi connectivity index (χ1) is 10.8. The van der Waals surface area contributed by atoms with E-state index in [1.54, 1.807) is 38.1 Å². The Kier molecular flexibility index (Phi) is 3.75. The third-order valence-electron chi connectivity index (χ3n) is 3.38. The maximum Gasteiger partial charge on any atom is 0.449 e. The lowest BCUT2D eigenvalue weighted by Gasteiger charge is -2.15. The molecule has 0 fully saturated rings. The average molecular weight is 341 g/mol. The summed E-state index contributed by atoms with van der Waals surface area (Å²) >= 11 is 5.77. The Morgan fingerprint density at radius 1 is 1.13 bits per heavy atom. The minimum atomic E-state index is -4.51. The lowest BCUT2D eigenvalue weighted by Crippen LogP contribution is -2.16. The molecule has 0 bridgehead atoms. The lowest BCUT2D eigenvalue weighted by molar-refractivity contribution is -0.147. The van der Waals surface area contributed by atoms with Crippen molar-refractivity contribution in [2.45, 2.75) is 26.1 Å². The highest BCUT2D eigenvalue weighted by molar-refractivity contribution is 6.28. The molecule has 0 saturated heterocycles. The predicted molar refractivity (Wildman–Crippen MR) is 81.2 cm³/mol. The molecule has 0 spiro atoms. The predicted octanol–water partition coefficient (Wildman–Crippen LogP) is 4.75. The fourth-order valence-electron chi connectivity index (χ4n) is 2.47. The van der Waals surface area contributed by atoms with Gasteiger partial charge >= 0.3 is 6.18 Å². The first kappa shape index (κ1) is 15.7. The third kappa shape index (κ3) is 2.88. The Balaban J connectivity index is 2.25. The van der Waals surface area contributed by atoms with E-state index in [4.69, 9.17) is 11.6 Å². The molecule has 3 aromatic rings. The van der Waals surface area contributed by atoms with E-state index in [-0.39, 0.29) is 16.8 Å². The van der Waals surface area contributed by atoms with E-state index in [1.165, 1.54) is 10.8 Å². The largest absolute Gasteiger partial charge is 0.449 e. The monoisotopic (exact) mass is 340 g/mol. The van der Waals surface area contributed by atoms with Gasteiger partial charge in [-0.2, -0.15) is 13.2 Å². The van der Waals surface area contributed by atoms with E-state index >= 15 is 0 Å². The van der Waals surface area contributed by atoms with E-state index < -0.39 is 12.0 Å². The molecule has 0 aliphatic carbocycles. The topological polar surface area (TPSA) is 43.6 Å². The van der Waals surface area contributed by atoms with Crippen LogP contribution in [0.1, 0.15) is 25.7 Å². The van der Waals surface area contributed by atoms with Crippen LogP contribution in [0.5, 0.6) is 0 Å². The van der Waals surface area contributed by atoms with Crippen molar-refractivity contribution >= 4 is 22.6 Å².